The van der Waals surface area contributed by atoms with Crippen molar-refractivity contribution in [3.05, 3.63) is 51.7 Å². The summed E-state index contributed by atoms with van der Waals surface area (Å²) < 4.78 is 5.94. The smallest absolute Gasteiger partial charge is 0.311 e. The lowest BCUT2D eigenvalue weighted by molar-refractivity contribution is -0.134. The molecule has 1 unspecified atom stereocenters. The van der Waals surface area contributed by atoms with Crippen LogP contribution in [-0.4, -0.2) is 35.8 Å². The zero-order chi connectivity index (χ0) is 31.8. The molecule has 0 bridgehead atoms. The monoisotopic (exact) mass is 655 g/mol. The number of hydrogen-bond donors (Lipinski definition) is 1. The Bertz CT molecular complexity index is 1010. The second-order valence-corrected chi connectivity index (χ2v) is 14.9. The van der Waals surface area contributed by atoms with E-state index in [1.54, 1.807) is 0 Å². The molecule has 0 aliphatic heterocycles. The van der Waals surface area contributed by atoms with Crippen LogP contribution in [0.25, 0.3) is 0 Å². The molecule has 3 nitrogen and oxygen atoms in total. The second kappa shape index (κ2) is 24.8. The van der Waals surface area contributed by atoms with E-state index < -0.39 is 0 Å². The summed E-state index contributed by atoms with van der Waals surface area (Å²) >= 11 is 6.15. The molecule has 0 saturated heterocycles. The number of thiol groups is 1. The summed E-state index contributed by atoms with van der Waals surface area (Å²) in [6.45, 7) is 4.56. The summed E-state index contributed by atoms with van der Waals surface area (Å²) in [7, 11) is 0. The summed E-state index contributed by atoms with van der Waals surface area (Å²) in [4.78, 5) is 16.9. The maximum atomic E-state index is 12.7. The molecule has 1 aliphatic rings. The summed E-state index contributed by atoms with van der Waals surface area (Å²) in [5.74, 6) is 1.80. The molecule has 1 aromatic heterocycles. The van der Waals surface area contributed by atoms with Gasteiger partial charge in [-0.2, -0.15) is 12.6 Å². The van der Waals surface area contributed by atoms with E-state index in [0.29, 0.717) is 12.5 Å². The zero-order valence-corrected chi connectivity index (χ0v) is 30.5. The molecule has 0 spiro atoms. The highest BCUT2D eigenvalue weighted by Crippen LogP contribution is 2.32. The highest BCUT2D eigenvalue weighted by atomic mass is 32.1. The lowest BCUT2D eigenvalue weighted by atomic mass is 9.86. The lowest BCUT2D eigenvalue weighted by Crippen LogP contribution is -2.41. The van der Waals surface area contributed by atoms with Crippen LogP contribution in [0.4, 0.5) is 0 Å². The van der Waals surface area contributed by atoms with Gasteiger partial charge in [-0.1, -0.05) is 128 Å². The van der Waals surface area contributed by atoms with Gasteiger partial charge in [-0.3, -0.25) is 9.69 Å². The van der Waals surface area contributed by atoms with Gasteiger partial charge < -0.3 is 4.74 Å². The Morgan fingerprint density at radius 2 is 1.40 bits per heavy atom. The lowest BCUT2D eigenvalue weighted by Gasteiger charge is -2.35. The van der Waals surface area contributed by atoms with Crippen molar-refractivity contribution in [2.75, 3.05) is 18.8 Å². The Labute approximate surface area is 286 Å². The minimum absolute atomic E-state index is 0.0571. The van der Waals surface area contributed by atoms with Crippen LogP contribution >= 0.6 is 24.0 Å². The maximum Gasteiger partial charge on any atom is 0.311 e. The first-order valence-corrected chi connectivity index (χ1v) is 20.4. The van der Waals surface area contributed by atoms with Crippen LogP contribution in [0.5, 0.6) is 5.75 Å². The minimum atomic E-state index is -0.0571. The van der Waals surface area contributed by atoms with E-state index in [0.717, 1.165) is 63.1 Å². The first-order valence-electron chi connectivity index (χ1n) is 18.9. The third-order valence-electron chi connectivity index (χ3n) is 9.68. The Kier molecular flexibility index (Phi) is 21.0. The van der Waals surface area contributed by atoms with Crippen LogP contribution in [0, 0.1) is 0 Å². The van der Waals surface area contributed by atoms with Gasteiger partial charge in [0.1, 0.15) is 5.75 Å². The van der Waals surface area contributed by atoms with E-state index in [1.807, 2.05) is 17.4 Å². The summed E-state index contributed by atoms with van der Waals surface area (Å²) in [5.41, 5.74) is 2.64. The summed E-state index contributed by atoms with van der Waals surface area (Å²) in [6, 6.07) is 11.3. The predicted octanol–water partition coefficient (Wildman–Crippen LogP) is 11.8. The average molecular weight is 656 g/mol. The number of carbonyl (C=O) groups excluding carboxylic acids is 1. The highest BCUT2D eigenvalue weighted by Gasteiger charge is 2.26. The molecule has 0 radical (unpaired) electrons. The number of rotatable bonds is 27. The van der Waals surface area contributed by atoms with Crippen molar-refractivity contribution in [1.82, 2.24) is 4.90 Å². The molecular formula is C40H65NO2S2. The van der Waals surface area contributed by atoms with Crippen LogP contribution < -0.4 is 4.74 Å². The number of unbranched alkanes of at least 4 members (excludes halogenated alkanes) is 17. The molecule has 0 N–H and O–H groups in total. The van der Waals surface area contributed by atoms with E-state index >= 15 is 0 Å². The number of ether oxygens (including phenoxy) is 1. The van der Waals surface area contributed by atoms with Crippen molar-refractivity contribution in [1.29, 1.82) is 0 Å². The number of hydrogen-bond acceptors (Lipinski definition) is 5. The van der Waals surface area contributed by atoms with Gasteiger partial charge in [0.15, 0.2) is 0 Å². The van der Waals surface area contributed by atoms with Crippen molar-refractivity contribution in [2.45, 2.75) is 167 Å². The molecule has 254 valence electrons. The number of thiophene rings is 1. The number of esters is 1. The number of nitrogens with zero attached hydrogens (tertiary/aromatic N) is 1. The van der Waals surface area contributed by atoms with Crippen molar-refractivity contribution in [3.63, 3.8) is 0 Å². The fourth-order valence-electron chi connectivity index (χ4n) is 7.02. The molecule has 2 aromatic rings. The predicted molar refractivity (Wildman–Crippen MR) is 199 cm³/mol. The van der Waals surface area contributed by atoms with E-state index in [-0.39, 0.29) is 5.97 Å². The quantitative estimate of drug-likeness (QED) is 0.0449. The molecule has 0 saturated carbocycles. The standard InChI is InChI=1S/C40H65NO2S2/c1-2-30-41(31-29-37-24-22-33-45-37)36-27-28-38-35(34-36)23-21-25-39(38)43-40(42)26-19-17-15-13-11-9-7-5-3-4-6-8-10-12-14-16-18-20-32-44/h21-25,33,36,44H,2-20,26-32,34H2,1H3. The largest absolute Gasteiger partial charge is 0.426 e. The van der Waals surface area contributed by atoms with E-state index in [4.69, 9.17) is 4.74 Å². The van der Waals surface area contributed by atoms with Gasteiger partial charge in [0.05, 0.1) is 0 Å². The highest BCUT2D eigenvalue weighted by molar-refractivity contribution is 7.80. The fraction of sp³-hybridized carbons (Fsp3) is 0.725. The molecule has 1 aliphatic carbocycles. The molecule has 0 amide bonds. The normalized spacial score (nSPS) is 14.6. The SMILES string of the molecule is CCCN(CCc1cccs1)C1CCc2c(cccc2OC(=O)CCCCCCCCCCCCCCCCCCCCS)C1. The topological polar surface area (TPSA) is 29.5 Å². The van der Waals surface area contributed by atoms with Crippen LogP contribution in [0.2, 0.25) is 0 Å². The van der Waals surface area contributed by atoms with Gasteiger partial charge in [0, 0.05) is 23.9 Å². The van der Waals surface area contributed by atoms with Crippen molar-refractivity contribution in [3.8, 4) is 5.75 Å². The van der Waals surface area contributed by atoms with Crippen LogP contribution in [0.1, 0.15) is 158 Å². The first-order chi connectivity index (χ1) is 22.2. The Morgan fingerprint density at radius 3 is 1.96 bits per heavy atom. The van der Waals surface area contributed by atoms with Crippen LogP contribution in [0.3, 0.4) is 0 Å². The van der Waals surface area contributed by atoms with Gasteiger partial charge >= 0.3 is 5.97 Å². The van der Waals surface area contributed by atoms with Gasteiger partial charge in [-0.15, -0.1) is 11.3 Å². The van der Waals surface area contributed by atoms with Crippen LogP contribution in [-0.2, 0) is 24.1 Å². The Balaban J connectivity index is 1.19. The van der Waals surface area contributed by atoms with Gasteiger partial charge in [0.2, 0.25) is 0 Å². The summed E-state index contributed by atoms with van der Waals surface area (Å²) in [6.07, 6.45) is 30.3. The third kappa shape index (κ3) is 16.4. The van der Waals surface area contributed by atoms with Gasteiger partial charge in [0.25, 0.3) is 0 Å². The molecule has 45 heavy (non-hydrogen) atoms. The molecule has 1 atom stereocenters. The van der Waals surface area contributed by atoms with Gasteiger partial charge in [-0.25, -0.2) is 0 Å². The number of fused-ring (bicyclic) bond motifs is 1. The van der Waals surface area contributed by atoms with E-state index in [2.05, 4.69) is 54.1 Å². The van der Waals surface area contributed by atoms with Crippen LogP contribution in [0.15, 0.2) is 35.7 Å². The first kappa shape index (κ1) is 38.2. The maximum absolute atomic E-state index is 12.7. The second-order valence-electron chi connectivity index (χ2n) is 13.5. The Morgan fingerprint density at radius 1 is 0.800 bits per heavy atom. The number of carbonyl (C=O) groups is 1. The van der Waals surface area contributed by atoms with Crippen molar-refractivity contribution < 1.29 is 9.53 Å². The molecule has 0 fully saturated rings. The average Bonchev–Trinajstić information content (AvgIpc) is 3.58. The van der Waals surface area contributed by atoms with Crippen molar-refractivity contribution >= 4 is 29.9 Å². The van der Waals surface area contributed by atoms with E-state index in [1.165, 1.54) is 125 Å². The molecule has 1 heterocycles. The molecule has 3 rings (SSSR count). The third-order valence-corrected chi connectivity index (χ3v) is 10.9. The fourth-order valence-corrected chi connectivity index (χ4v) is 7.94. The summed E-state index contributed by atoms with van der Waals surface area (Å²) in [5, 5.41) is 2.18. The van der Waals surface area contributed by atoms with E-state index in [9.17, 15) is 4.79 Å². The minimum Gasteiger partial charge on any atom is -0.426 e. The Hall–Kier alpha value is -1.30. The zero-order valence-electron chi connectivity index (χ0n) is 28.8. The van der Waals surface area contributed by atoms with Crippen molar-refractivity contribution in [2.24, 2.45) is 0 Å². The molecular weight excluding hydrogens is 591 g/mol. The number of benzene rings is 1. The van der Waals surface area contributed by atoms with Gasteiger partial charge in [-0.05, 0) is 85.9 Å². The molecule has 5 heteroatoms. The molecule has 1 aromatic carbocycles.